The van der Waals surface area contributed by atoms with Crippen molar-refractivity contribution >= 4 is 17.6 Å². The lowest BCUT2D eigenvalue weighted by Gasteiger charge is -2.17. The number of anilines is 1. The van der Waals surface area contributed by atoms with Crippen LogP contribution in [-0.4, -0.2) is 37.8 Å². The Morgan fingerprint density at radius 3 is 2.45 bits per heavy atom. The Bertz CT molecular complexity index is 594. The van der Waals surface area contributed by atoms with Gasteiger partial charge < -0.3 is 29.4 Å². The minimum Gasteiger partial charge on any atom is -0.545 e. The first-order valence-electron chi connectivity index (χ1n) is 7.22. The van der Waals surface area contributed by atoms with Gasteiger partial charge in [-0.15, -0.1) is 0 Å². The van der Waals surface area contributed by atoms with E-state index in [2.05, 4.69) is 5.32 Å². The van der Waals surface area contributed by atoms with Crippen LogP contribution < -0.4 is 19.9 Å². The van der Waals surface area contributed by atoms with Crippen LogP contribution in [0.15, 0.2) is 12.1 Å². The Morgan fingerprint density at radius 1 is 1.09 bits per heavy atom. The van der Waals surface area contributed by atoms with Crippen molar-refractivity contribution in [2.75, 3.05) is 25.1 Å². The van der Waals surface area contributed by atoms with Crippen LogP contribution >= 0.6 is 0 Å². The molecule has 2 aliphatic rings. The molecule has 1 aromatic rings. The second kappa shape index (κ2) is 6.23. The van der Waals surface area contributed by atoms with Crippen LogP contribution in [0.3, 0.4) is 0 Å². The van der Waals surface area contributed by atoms with Crippen molar-refractivity contribution in [3.05, 3.63) is 17.7 Å². The van der Waals surface area contributed by atoms with Gasteiger partial charge in [-0.05, 0) is 18.9 Å². The van der Waals surface area contributed by atoms with Crippen LogP contribution in [0.2, 0.25) is 0 Å². The Balaban J connectivity index is 1.89. The summed E-state index contributed by atoms with van der Waals surface area (Å²) in [5.74, 6) is -1.01. The van der Waals surface area contributed by atoms with Crippen LogP contribution in [0.5, 0.6) is 11.5 Å². The highest BCUT2D eigenvalue weighted by molar-refractivity contribution is 6.02. The number of hydrogen-bond acceptors (Lipinski definition) is 6. The number of rotatable bonds is 3. The van der Waals surface area contributed by atoms with Gasteiger partial charge in [0.05, 0.1) is 24.9 Å². The van der Waals surface area contributed by atoms with Crippen LogP contribution in [0.1, 0.15) is 29.6 Å². The second-order valence-corrected chi connectivity index (χ2v) is 5.17. The van der Waals surface area contributed by atoms with Gasteiger partial charge in [0.25, 0.3) is 5.91 Å². The average Bonchev–Trinajstić information content (AvgIpc) is 2.93. The lowest BCUT2D eigenvalue weighted by Crippen LogP contribution is -2.29. The second-order valence-electron chi connectivity index (χ2n) is 5.17. The molecule has 0 saturated carbocycles. The molecule has 0 radical (unpaired) electrons. The van der Waals surface area contributed by atoms with Gasteiger partial charge >= 0.3 is 0 Å². The summed E-state index contributed by atoms with van der Waals surface area (Å²) >= 11 is 0. The third-order valence-corrected chi connectivity index (χ3v) is 3.59. The number of nitrogens with one attached hydrogen (secondary N) is 1. The number of ether oxygens (including phenoxy) is 3. The number of benzene rings is 1. The number of carboxylic acid groups (broad SMARTS) is 1. The van der Waals surface area contributed by atoms with Gasteiger partial charge in [0.15, 0.2) is 11.5 Å². The standard InChI is InChI=1S/C15H17NO6/c17-14(11-3-1-4-20-11)16-10-8-13-12(7-9(10)15(18)19)21-5-2-6-22-13/h7-8,11H,1-6H2,(H,16,17)(H,18,19)/p-1/t11-/m0/s1. The fourth-order valence-electron chi connectivity index (χ4n) is 2.48. The molecule has 2 heterocycles. The first-order chi connectivity index (χ1) is 10.6. The zero-order chi connectivity index (χ0) is 15.5. The lowest BCUT2D eigenvalue weighted by molar-refractivity contribution is -0.254. The third kappa shape index (κ3) is 2.99. The normalized spacial score (nSPS) is 20.3. The summed E-state index contributed by atoms with van der Waals surface area (Å²) in [6, 6.07) is 2.78. The summed E-state index contributed by atoms with van der Waals surface area (Å²) in [6.45, 7) is 1.45. The van der Waals surface area contributed by atoms with Gasteiger partial charge in [-0.1, -0.05) is 0 Å². The maximum atomic E-state index is 12.1. The minimum atomic E-state index is -1.39. The first kappa shape index (κ1) is 14.6. The highest BCUT2D eigenvalue weighted by Gasteiger charge is 2.25. The molecule has 1 amide bonds. The molecule has 7 nitrogen and oxygen atoms in total. The van der Waals surface area contributed by atoms with Crippen LogP contribution in [0, 0.1) is 0 Å². The fraction of sp³-hybridized carbons (Fsp3) is 0.467. The summed E-state index contributed by atoms with van der Waals surface area (Å²) in [6.07, 6.45) is 1.59. The first-order valence-corrected chi connectivity index (χ1v) is 7.22. The van der Waals surface area contributed by atoms with E-state index in [0.717, 1.165) is 6.42 Å². The van der Waals surface area contributed by atoms with Crippen molar-refractivity contribution in [2.24, 2.45) is 0 Å². The molecular formula is C15H16NO6-. The van der Waals surface area contributed by atoms with Gasteiger partial charge in [0.2, 0.25) is 0 Å². The molecule has 2 aliphatic heterocycles. The molecule has 0 bridgehead atoms. The number of carbonyl (C=O) groups is 2. The molecule has 0 spiro atoms. The van der Waals surface area contributed by atoms with Gasteiger partial charge in [0, 0.05) is 24.7 Å². The summed E-state index contributed by atoms with van der Waals surface area (Å²) in [5.41, 5.74) is -0.0136. The van der Waals surface area contributed by atoms with E-state index in [-0.39, 0.29) is 17.2 Å². The Hall–Kier alpha value is -2.28. The molecule has 7 heteroatoms. The van der Waals surface area contributed by atoms with Crippen LogP contribution in [0.4, 0.5) is 5.69 Å². The smallest absolute Gasteiger partial charge is 0.253 e. The predicted molar refractivity (Wildman–Crippen MR) is 74.0 cm³/mol. The summed E-state index contributed by atoms with van der Waals surface area (Å²) in [7, 11) is 0. The Morgan fingerprint density at radius 2 is 1.82 bits per heavy atom. The highest BCUT2D eigenvalue weighted by Crippen LogP contribution is 2.35. The van der Waals surface area contributed by atoms with E-state index < -0.39 is 12.1 Å². The van der Waals surface area contributed by atoms with Gasteiger partial charge in [-0.25, -0.2) is 0 Å². The van der Waals surface area contributed by atoms with E-state index in [1.807, 2.05) is 0 Å². The van der Waals surface area contributed by atoms with Gasteiger partial charge in [-0.3, -0.25) is 4.79 Å². The molecule has 0 aliphatic carbocycles. The largest absolute Gasteiger partial charge is 0.545 e. The molecule has 22 heavy (non-hydrogen) atoms. The number of hydrogen-bond donors (Lipinski definition) is 1. The molecule has 3 rings (SSSR count). The molecule has 118 valence electrons. The molecule has 1 saturated heterocycles. The van der Waals surface area contributed by atoms with Gasteiger partial charge in [-0.2, -0.15) is 0 Å². The third-order valence-electron chi connectivity index (χ3n) is 3.59. The Labute approximate surface area is 127 Å². The number of amides is 1. The van der Waals surface area contributed by atoms with E-state index in [1.54, 1.807) is 0 Å². The lowest BCUT2D eigenvalue weighted by atomic mass is 10.1. The van der Waals surface area contributed by atoms with Crippen molar-refractivity contribution in [3.8, 4) is 11.5 Å². The fourth-order valence-corrected chi connectivity index (χ4v) is 2.48. The molecule has 1 atom stereocenters. The number of aromatic carboxylic acids is 1. The van der Waals surface area contributed by atoms with E-state index in [0.29, 0.717) is 44.2 Å². The van der Waals surface area contributed by atoms with Crippen molar-refractivity contribution < 1.29 is 28.9 Å². The quantitative estimate of drug-likeness (QED) is 0.864. The zero-order valence-corrected chi connectivity index (χ0v) is 11.9. The molecule has 0 aromatic heterocycles. The topological polar surface area (TPSA) is 96.9 Å². The van der Waals surface area contributed by atoms with Crippen molar-refractivity contribution in [1.29, 1.82) is 0 Å². The van der Waals surface area contributed by atoms with Crippen LogP contribution in [-0.2, 0) is 9.53 Å². The van der Waals surface area contributed by atoms with Crippen molar-refractivity contribution in [1.82, 2.24) is 0 Å². The summed E-state index contributed by atoms with van der Waals surface area (Å²) in [4.78, 5) is 23.4. The molecule has 1 aromatic carbocycles. The maximum Gasteiger partial charge on any atom is 0.253 e. The van der Waals surface area contributed by atoms with E-state index in [1.165, 1.54) is 12.1 Å². The molecule has 0 unspecified atom stereocenters. The number of carboxylic acids is 1. The molecule has 1 N–H and O–H groups in total. The predicted octanol–water partition coefficient (Wildman–Crippen LogP) is 0.329. The SMILES string of the molecule is O=C([O-])c1cc2c(cc1NC(=O)[C@@H]1CCCO1)OCCCO2. The number of carbonyl (C=O) groups excluding carboxylic acids is 2. The number of fused-ring (bicyclic) bond motifs is 1. The summed E-state index contributed by atoms with van der Waals surface area (Å²) in [5, 5.41) is 13.9. The Kier molecular flexibility index (Phi) is 4.15. The van der Waals surface area contributed by atoms with Crippen molar-refractivity contribution in [2.45, 2.75) is 25.4 Å². The average molecular weight is 306 g/mol. The van der Waals surface area contributed by atoms with Crippen molar-refractivity contribution in [3.63, 3.8) is 0 Å². The summed E-state index contributed by atoms with van der Waals surface area (Å²) < 4.78 is 16.2. The zero-order valence-electron chi connectivity index (χ0n) is 11.9. The van der Waals surface area contributed by atoms with E-state index in [9.17, 15) is 14.7 Å². The maximum absolute atomic E-state index is 12.1. The monoisotopic (exact) mass is 306 g/mol. The molecular weight excluding hydrogens is 290 g/mol. The minimum absolute atomic E-state index is 0.129. The van der Waals surface area contributed by atoms with E-state index in [4.69, 9.17) is 14.2 Å². The molecule has 1 fully saturated rings. The highest BCUT2D eigenvalue weighted by atomic mass is 16.5. The van der Waals surface area contributed by atoms with Crippen LogP contribution in [0.25, 0.3) is 0 Å². The van der Waals surface area contributed by atoms with Gasteiger partial charge in [0.1, 0.15) is 6.10 Å². The van der Waals surface area contributed by atoms with E-state index >= 15 is 0 Å².